The fourth-order valence-electron chi connectivity index (χ4n) is 0.340. The number of carbonyl (C=O) groups is 1. The first-order valence-electron chi connectivity index (χ1n) is 2.65. The number of hydrogen-bond acceptors (Lipinski definition) is 5. The molecular formula is C4H9N5O. The number of hydrogen-bond donors (Lipinski definition) is 1. The van der Waals surface area contributed by atoms with Crippen molar-refractivity contribution < 1.29 is 4.79 Å². The van der Waals surface area contributed by atoms with Crippen LogP contribution in [-0.4, -0.2) is 33.5 Å². The summed E-state index contributed by atoms with van der Waals surface area (Å²) in [6.45, 7) is 0.229. The standard InChI is InChI=1S/C3H4N4O.CH5N/c8-2-1-7-3-4-5-6-7;1-2/h2-3H,1H2;2H2,1H3. The minimum Gasteiger partial charge on any atom is -0.333 e. The van der Waals surface area contributed by atoms with E-state index in [0.29, 0.717) is 0 Å². The molecule has 0 saturated heterocycles. The average Bonchev–Trinajstić information content (AvgIpc) is 2.46. The lowest BCUT2D eigenvalue weighted by Crippen LogP contribution is -1.98. The highest BCUT2D eigenvalue weighted by atomic mass is 16.1. The molecule has 0 unspecified atom stereocenters. The zero-order chi connectivity index (χ0) is 7.82. The second kappa shape index (κ2) is 5.83. The van der Waals surface area contributed by atoms with E-state index in [4.69, 9.17) is 0 Å². The van der Waals surface area contributed by atoms with Crippen LogP contribution in [0, 0.1) is 0 Å². The molecule has 0 radical (unpaired) electrons. The Labute approximate surface area is 58.0 Å². The van der Waals surface area contributed by atoms with E-state index >= 15 is 0 Å². The van der Waals surface area contributed by atoms with Gasteiger partial charge in [0.25, 0.3) is 0 Å². The molecule has 0 aliphatic heterocycles. The van der Waals surface area contributed by atoms with E-state index in [1.165, 1.54) is 18.1 Å². The van der Waals surface area contributed by atoms with Crippen molar-refractivity contribution in [3.05, 3.63) is 6.33 Å². The summed E-state index contributed by atoms with van der Waals surface area (Å²) < 4.78 is 1.34. The third kappa shape index (κ3) is 2.88. The fourth-order valence-corrected chi connectivity index (χ4v) is 0.340. The Balaban J connectivity index is 0.000000371. The minimum absolute atomic E-state index is 0.229. The minimum atomic E-state index is 0.229. The highest BCUT2D eigenvalue weighted by molar-refractivity contribution is 5.48. The van der Waals surface area contributed by atoms with Gasteiger partial charge in [0.05, 0.1) is 0 Å². The lowest BCUT2D eigenvalue weighted by atomic mass is 10.7. The maximum absolute atomic E-state index is 9.76. The van der Waals surface area contributed by atoms with Gasteiger partial charge in [-0.1, -0.05) is 0 Å². The fraction of sp³-hybridized carbons (Fsp3) is 0.500. The van der Waals surface area contributed by atoms with E-state index in [1.807, 2.05) is 0 Å². The number of tetrazole rings is 1. The van der Waals surface area contributed by atoms with Crippen LogP contribution < -0.4 is 5.73 Å². The monoisotopic (exact) mass is 143 g/mol. The van der Waals surface area contributed by atoms with Gasteiger partial charge in [0.15, 0.2) is 0 Å². The predicted octanol–water partition coefficient (Wildman–Crippen LogP) is -1.55. The van der Waals surface area contributed by atoms with Gasteiger partial charge in [0.1, 0.15) is 19.2 Å². The van der Waals surface area contributed by atoms with Crippen LogP contribution in [-0.2, 0) is 11.3 Å². The van der Waals surface area contributed by atoms with Gasteiger partial charge in [-0.15, -0.1) is 5.10 Å². The molecule has 1 aromatic rings. The molecule has 6 heteroatoms. The molecule has 10 heavy (non-hydrogen) atoms. The third-order valence-corrected chi connectivity index (χ3v) is 0.653. The summed E-state index contributed by atoms with van der Waals surface area (Å²) in [5, 5.41) is 10.1. The van der Waals surface area contributed by atoms with E-state index < -0.39 is 0 Å². The molecule has 0 bridgehead atoms. The largest absolute Gasteiger partial charge is 0.333 e. The molecule has 1 aromatic heterocycles. The SMILES string of the molecule is CN.O=CCn1cnnn1. The van der Waals surface area contributed by atoms with Crippen molar-refractivity contribution in [1.29, 1.82) is 0 Å². The second-order valence-corrected chi connectivity index (χ2v) is 1.20. The first kappa shape index (κ1) is 8.70. The molecule has 0 atom stereocenters. The molecule has 6 nitrogen and oxygen atoms in total. The molecule has 0 spiro atoms. The maximum Gasteiger partial charge on any atom is 0.141 e. The van der Waals surface area contributed by atoms with Crippen LogP contribution in [0.25, 0.3) is 0 Å². The average molecular weight is 143 g/mol. The topological polar surface area (TPSA) is 86.7 Å². The smallest absolute Gasteiger partial charge is 0.141 e. The molecule has 0 aliphatic carbocycles. The Bertz CT molecular complexity index is 160. The third-order valence-electron chi connectivity index (χ3n) is 0.653. The summed E-state index contributed by atoms with van der Waals surface area (Å²) in [5.41, 5.74) is 4.50. The van der Waals surface area contributed by atoms with Crippen LogP contribution in [0.3, 0.4) is 0 Å². The van der Waals surface area contributed by atoms with Gasteiger partial charge in [-0.25, -0.2) is 4.68 Å². The number of aldehydes is 1. The van der Waals surface area contributed by atoms with Gasteiger partial charge >= 0.3 is 0 Å². The number of carbonyl (C=O) groups excluding carboxylic acids is 1. The molecule has 0 saturated carbocycles. The lowest BCUT2D eigenvalue weighted by Gasteiger charge is -1.82. The molecule has 56 valence electrons. The van der Waals surface area contributed by atoms with Gasteiger partial charge in [-0.05, 0) is 17.5 Å². The van der Waals surface area contributed by atoms with Crippen molar-refractivity contribution in [3.63, 3.8) is 0 Å². The van der Waals surface area contributed by atoms with Gasteiger partial charge in [-0.2, -0.15) is 0 Å². The van der Waals surface area contributed by atoms with Crippen LogP contribution in [0.1, 0.15) is 0 Å². The van der Waals surface area contributed by atoms with E-state index in [9.17, 15) is 4.79 Å². The number of nitrogens with zero attached hydrogens (tertiary/aromatic N) is 4. The predicted molar refractivity (Wildman–Crippen MR) is 34.0 cm³/mol. The Kier molecular flexibility index (Phi) is 5.07. The highest BCUT2D eigenvalue weighted by Crippen LogP contribution is 1.69. The van der Waals surface area contributed by atoms with Gasteiger partial charge in [0, 0.05) is 0 Å². The highest BCUT2D eigenvalue weighted by Gasteiger charge is 1.85. The van der Waals surface area contributed by atoms with Crippen molar-refractivity contribution in [2.24, 2.45) is 5.73 Å². The van der Waals surface area contributed by atoms with Crippen LogP contribution in [0.5, 0.6) is 0 Å². The molecule has 0 amide bonds. The Morgan fingerprint density at radius 1 is 1.70 bits per heavy atom. The summed E-state index contributed by atoms with van der Waals surface area (Å²) >= 11 is 0. The molecule has 2 N–H and O–H groups in total. The number of rotatable bonds is 2. The zero-order valence-corrected chi connectivity index (χ0v) is 5.64. The van der Waals surface area contributed by atoms with Crippen molar-refractivity contribution in [1.82, 2.24) is 20.2 Å². The lowest BCUT2D eigenvalue weighted by molar-refractivity contribution is -0.108. The van der Waals surface area contributed by atoms with Crippen molar-refractivity contribution in [3.8, 4) is 0 Å². The summed E-state index contributed by atoms with van der Waals surface area (Å²) in [6, 6.07) is 0. The molecule has 0 aliphatic rings. The van der Waals surface area contributed by atoms with Gasteiger partial charge in [-0.3, -0.25) is 0 Å². The van der Waals surface area contributed by atoms with Crippen LogP contribution >= 0.6 is 0 Å². The Hall–Kier alpha value is -1.30. The van der Waals surface area contributed by atoms with Crippen molar-refractivity contribution in [2.45, 2.75) is 6.54 Å². The van der Waals surface area contributed by atoms with E-state index in [0.717, 1.165) is 6.29 Å². The zero-order valence-electron chi connectivity index (χ0n) is 5.64. The van der Waals surface area contributed by atoms with E-state index in [2.05, 4.69) is 21.3 Å². The van der Waals surface area contributed by atoms with Gasteiger partial charge in [0.2, 0.25) is 0 Å². The van der Waals surface area contributed by atoms with Gasteiger partial charge < -0.3 is 10.5 Å². The normalized spacial score (nSPS) is 7.80. The molecule has 0 aromatic carbocycles. The molecule has 0 fully saturated rings. The van der Waals surface area contributed by atoms with Crippen molar-refractivity contribution >= 4 is 6.29 Å². The Morgan fingerprint density at radius 2 is 2.40 bits per heavy atom. The summed E-state index contributed by atoms with van der Waals surface area (Å²) in [5.74, 6) is 0. The van der Waals surface area contributed by atoms with Crippen molar-refractivity contribution in [2.75, 3.05) is 7.05 Å². The quantitative estimate of drug-likeness (QED) is 0.506. The maximum atomic E-state index is 9.76. The van der Waals surface area contributed by atoms with E-state index in [1.54, 1.807) is 0 Å². The van der Waals surface area contributed by atoms with Crippen LogP contribution in [0.4, 0.5) is 0 Å². The Morgan fingerprint density at radius 3 is 2.80 bits per heavy atom. The molecular weight excluding hydrogens is 134 g/mol. The van der Waals surface area contributed by atoms with Crippen LogP contribution in [0.15, 0.2) is 6.33 Å². The molecule has 1 heterocycles. The second-order valence-electron chi connectivity index (χ2n) is 1.20. The number of aromatic nitrogens is 4. The summed E-state index contributed by atoms with van der Waals surface area (Å²) in [6.07, 6.45) is 2.12. The van der Waals surface area contributed by atoms with E-state index in [-0.39, 0.29) is 6.54 Å². The number of nitrogens with two attached hydrogens (primary N) is 1. The first-order valence-corrected chi connectivity index (χ1v) is 2.65. The van der Waals surface area contributed by atoms with Crippen LogP contribution in [0.2, 0.25) is 0 Å². The molecule has 1 rings (SSSR count). The first-order chi connectivity index (χ1) is 4.93. The summed E-state index contributed by atoms with van der Waals surface area (Å²) in [4.78, 5) is 9.76. The summed E-state index contributed by atoms with van der Waals surface area (Å²) in [7, 11) is 1.50.